The van der Waals surface area contributed by atoms with E-state index in [0.29, 0.717) is 31.6 Å². The van der Waals surface area contributed by atoms with Crippen LogP contribution in [-0.2, 0) is 33.7 Å². The summed E-state index contributed by atoms with van der Waals surface area (Å²) in [6.07, 6.45) is 2.97. The number of H-pyrrole nitrogens is 1. The first-order chi connectivity index (χ1) is 15.4. The number of carbonyl (C=O) groups is 3. The van der Waals surface area contributed by atoms with Crippen LogP contribution in [0.4, 0.5) is 5.69 Å². The smallest absolute Gasteiger partial charge is 0.307 e. The second kappa shape index (κ2) is 7.65. The molecule has 2 aliphatic heterocycles. The molecule has 1 aromatic carbocycles. The summed E-state index contributed by atoms with van der Waals surface area (Å²) in [5, 5.41) is 10.6. The Morgan fingerprint density at radius 2 is 2.06 bits per heavy atom. The molecule has 32 heavy (non-hydrogen) atoms. The molecule has 1 unspecified atom stereocenters. The summed E-state index contributed by atoms with van der Waals surface area (Å²) in [4.78, 5) is 41.8. The van der Waals surface area contributed by atoms with Gasteiger partial charge in [-0.1, -0.05) is 18.2 Å². The fourth-order valence-corrected chi connectivity index (χ4v) is 4.82. The van der Waals surface area contributed by atoms with Gasteiger partial charge in [0.1, 0.15) is 11.7 Å². The Labute approximate surface area is 186 Å². The molecule has 0 spiro atoms. The number of ether oxygens (including phenoxy) is 1. The standard InChI is InChI=1S/C23H27N5O4/c1-27(23(8-9-23)12-19(29)32-2)22(31)20-15-13-28(10-7-17(15)25-26-20)21(30)18-11-14-5-3-4-6-16(14)24-18/h3-6,18,24H,7-13H2,1-2H3,(H,25,26). The van der Waals surface area contributed by atoms with Gasteiger partial charge in [-0.2, -0.15) is 5.10 Å². The number of hydrogen-bond donors (Lipinski definition) is 2. The lowest BCUT2D eigenvalue weighted by Gasteiger charge is -2.31. The first kappa shape index (κ1) is 20.5. The maximum atomic E-state index is 13.3. The van der Waals surface area contributed by atoms with Crippen molar-refractivity contribution < 1.29 is 19.1 Å². The highest BCUT2D eigenvalue weighted by atomic mass is 16.5. The van der Waals surface area contributed by atoms with Crippen LogP contribution in [0.3, 0.4) is 0 Å². The number of rotatable bonds is 5. The lowest BCUT2D eigenvalue weighted by molar-refractivity contribution is -0.142. The van der Waals surface area contributed by atoms with E-state index in [4.69, 9.17) is 4.74 Å². The van der Waals surface area contributed by atoms with E-state index in [1.54, 1.807) is 16.8 Å². The number of aromatic amines is 1. The zero-order valence-electron chi connectivity index (χ0n) is 18.3. The number of nitrogens with zero attached hydrogens (tertiary/aromatic N) is 3. The number of nitrogens with one attached hydrogen (secondary N) is 2. The van der Waals surface area contributed by atoms with Crippen molar-refractivity contribution in [1.82, 2.24) is 20.0 Å². The van der Waals surface area contributed by atoms with Crippen LogP contribution in [0.2, 0.25) is 0 Å². The molecule has 1 atom stereocenters. The van der Waals surface area contributed by atoms with Crippen LogP contribution in [0.1, 0.15) is 46.6 Å². The van der Waals surface area contributed by atoms with Gasteiger partial charge in [0, 0.05) is 44.2 Å². The number of benzene rings is 1. The van der Waals surface area contributed by atoms with E-state index in [2.05, 4.69) is 15.5 Å². The summed E-state index contributed by atoms with van der Waals surface area (Å²) in [7, 11) is 3.08. The Hall–Kier alpha value is -3.36. The summed E-state index contributed by atoms with van der Waals surface area (Å²) >= 11 is 0. The van der Waals surface area contributed by atoms with Gasteiger partial charge in [0.15, 0.2) is 0 Å². The zero-order chi connectivity index (χ0) is 22.5. The van der Waals surface area contributed by atoms with Gasteiger partial charge in [0.05, 0.1) is 24.8 Å². The molecule has 2 aromatic rings. The van der Waals surface area contributed by atoms with Gasteiger partial charge in [-0.15, -0.1) is 0 Å². The minimum absolute atomic E-state index is 0.0316. The minimum Gasteiger partial charge on any atom is -0.469 e. The molecule has 3 aliphatic rings. The molecule has 2 N–H and O–H groups in total. The molecular weight excluding hydrogens is 410 g/mol. The minimum atomic E-state index is -0.494. The Kier molecular flexibility index (Phi) is 4.91. The number of hydrogen-bond acceptors (Lipinski definition) is 6. The number of methoxy groups -OCH3 is 1. The van der Waals surface area contributed by atoms with Crippen molar-refractivity contribution >= 4 is 23.5 Å². The summed E-state index contributed by atoms with van der Waals surface area (Å²) in [6.45, 7) is 0.916. The Morgan fingerprint density at radius 3 is 2.78 bits per heavy atom. The third kappa shape index (κ3) is 3.41. The summed E-state index contributed by atoms with van der Waals surface area (Å²) < 4.78 is 4.80. The van der Waals surface area contributed by atoms with Crippen molar-refractivity contribution in [2.45, 2.75) is 50.2 Å². The van der Waals surface area contributed by atoms with E-state index >= 15 is 0 Å². The quantitative estimate of drug-likeness (QED) is 0.687. The van der Waals surface area contributed by atoms with E-state index in [0.717, 1.165) is 35.3 Å². The molecule has 3 heterocycles. The fourth-order valence-electron chi connectivity index (χ4n) is 4.82. The average Bonchev–Trinajstić information content (AvgIpc) is 3.27. The van der Waals surface area contributed by atoms with Crippen molar-refractivity contribution in [3.8, 4) is 0 Å². The molecular formula is C23H27N5O4. The molecule has 2 amide bonds. The van der Waals surface area contributed by atoms with Crippen LogP contribution >= 0.6 is 0 Å². The van der Waals surface area contributed by atoms with Crippen molar-refractivity contribution in [3.63, 3.8) is 0 Å². The Morgan fingerprint density at radius 1 is 1.28 bits per heavy atom. The number of anilines is 1. The summed E-state index contributed by atoms with van der Waals surface area (Å²) in [5.74, 6) is -0.499. The van der Waals surface area contributed by atoms with Gasteiger partial charge in [0.25, 0.3) is 5.91 Å². The van der Waals surface area contributed by atoms with Crippen molar-refractivity contribution in [3.05, 3.63) is 46.8 Å². The first-order valence-electron chi connectivity index (χ1n) is 11.0. The van der Waals surface area contributed by atoms with Crippen molar-refractivity contribution in [2.24, 2.45) is 0 Å². The van der Waals surface area contributed by atoms with Gasteiger partial charge >= 0.3 is 5.97 Å². The number of fused-ring (bicyclic) bond motifs is 2. The van der Waals surface area contributed by atoms with Gasteiger partial charge in [-0.3, -0.25) is 19.5 Å². The molecule has 1 aromatic heterocycles. The fraction of sp³-hybridized carbons (Fsp3) is 0.478. The van der Waals surface area contributed by atoms with Crippen LogP contribution in [0.5, 0.6) is 0 Å². The third-order valence-electron chi connectivity index (χ3n) is 7.06. The topological polar surface area (TPSA) is 108 Å². The second-order valence-corrected chi connectivity index (χ2v) is 8.93. The van der Waals surface area contributed by atoms with Gasteiger partial charge in [-0.05, 0) is 24.5 Å². The zero-order valence-corrected chi connectivity index (χ0v) is 18.3. The van der Waals surface area contributed by atoms with Crippen LogP contribution in [-0.4, -0.2) is 70.1 Å². The molecule has 1 fully saturated rings. The Balaban J connectivity index is 1.31. The SMILES string of the molecule is COC(=O)CC1(N(C)C(=O)c2[nH]nc3c2CN(C(=O)C2Cc4ccccc4N2)CC3)CC1. The monoisotopic (exact) mass is 437 g/mol. The van der Waals surface area contributed by atoms with E-state index < -0.39 is 5.54 Å². The second-order valence-electron chi connectivity index (χ2n) is 8.93. The number of carbonyl (C=O) groups excluding carboxylic acids is 3. The van der Waals surface area contributed by atoms with Crippen LogP contribution < -0.4 is 5.32 Å². The molecule has 9 heteroatoms. The molecule has 0 radical (unpaired) electrons. The average molecular weight is 438 g/mol. The van der Waals surface area contributed by atoms with Crippen molar-refractivity contribution in [1.29, 1.82) is 0 Å². The lowest BCUT2D eigenvalue weighted by Crippen LogP contribution is -2.45. The lowest BCUT2D eigenvalue weighted by atomic mass is 10.0. The predicted molar refractivity (Wildman–Crippen MR) is 116 cm³/mol. The van der Waals surface area contributed by atoms with Crippen LogP contribution in [0, 0.1) is 0 Å². The van der Waals surface area contributed by atoms with E-state index in [1.807, 2.05) is 24.3 Å². The first-order valence-corrected chi connectivity index (χ1v) is 11.0. The highest BCUT2D eigenvalue weighted by Gasteiger charge is 2.51. The van der Waals surface area contributed by atoms with E-state index in [1.165, 1.54) is 7.11 Å². The van der Waals surface area contributed by atoms with Gasteiger partial charge < -0.3 is 19.9 Å². The van der Waals surface area contributed by atoms with Crippen LogP contribution in [0.15, 0.2) is 24.3 Å². The molecule has 1 aliphatic carbocycles. The van der Waals surface area contributed by atoms with Crippen LogP contribution in [0.25, 0.3) is 0 Å². The number of esters is 1. The largest absolute Gasteiger partial charge is 0.469 e. The third-order valence-corrected chi connectivity index (χ3v) is 7.06. The van der Waals surface area contributed by atoms with Crippen molar-refractivity contribution in [2.75, 3.05) is 26.0 Å². The molecule has 9 nitrogen and oxygen atoms in total. The number of amides is 2. The summed E-state index contributed by atoms with van der Waals surface area (Å²) in [5.41, 5.74) is 3.65. The number of para-hydroxylation sites is 1. The highest BCUT2D eigenvalue weighted by molar-refractivity contribution is 5.95. The molecule has 5 rings (SSSR count). The summed E-state index contributed by atoms with van der Waals surface area (Å²) in [6, 6.07) is 7.67. The van der Waals surface area contributed by atoms with Gasteiger partial charge in [0.2, 0.25) is 5.91 Å². The predicted octanol–water partition coefficient (Wildman–Crippen LogP) is 1.50. The van der Waals surface area contributed by atoms with E-state index in [-0.39, 0.29) is 30.2 Å². The molecule has 0 bridgehead atoms. The molecule has 1 saturated carbocycles. The van der Waals surface area contributed by atoms with E-state index in [9.17, 15) is 14.4 Å². The molecule has 0 saturated heterocycles. The maximum Gasteiger partial charge on any atom is 0.307 e. The maximum absolute atomic E-state index is 13.3. The molecule has 168 valence electrons. The normalized spacial score (nSPS) is 20.1. The number of aromatic nitrogens is 2. The highest BCUT2D eigenvalue weighted by Crippen LogP contribution is 2.45. The Bertz CT molecular complexity index is 1060. The van der Waals surface area contributed by atoms with Gasteiger partial charge in [-0.25, -0.2) is 0 Å².